The summed E-state index contributed by atoms with van der Waals surface area (Å²) in [6, 6.07) is 0. The van der Waals surface area contributed by atoms with E-state index in [4.69, 9.17) is 23.2 Å². The Morgan fingerprint density at radius 3 is 2.56 bits per heavy atom. The molecular weight excluding hydrogens is 255 g/mol. The molecule has 82 valence electrons. The Bertz CT molecular complexity index is 493. The van der Waals surface area contributed by atoms with E-state index in [-0.39, 0.29) is 21.7 Å². The lowest BCUT2D eigenvalue weighted by atomic mass is 10.4. The number of halogens is 2. The molecule has 2 N–H and O–H groups in total. The van der Waals surface area contributed by atoms with Gasteiger partial charge in [-0.05, 0) is 0 Å². The normalized spacial score (nSPS) is 10.1. The highest BCUT2D eigenvalue weighted by molar-refractivity contribution is 6.38. The Hall–Kier alpha value is -1.73. The molecule has 2 rings (SSSR count). The molecule has 0 aliphatic heterocycles. The summed E-state index contributed by atoms with van der Waals surface area (Å²) in [5, 5.41) is 11.9. The van der Waals surface area contributed by atoms with Crippen LogP contribution in [0.1, 0.15) is 10.5 Å². The van der Waals surface area contributed by atoms with Gasteiger partial charge in [0.2, 0.25) is 0 Å². The van der Waals surface area contributed by atoms with Gasteiger partial charge in [-0.2, -0.15) is 15.4 Å². The molecule has 0 saturated carbocycles. The summed E-state index contributed by atoms with van der Waals surface area (Å²) in [5.74, 6) is -0.507. The van der Waals surface area contributed by atoms with Crippen LogP contribution in [0.2, 0.25) is 10.3 Å². The standard InChI is InChI=1S/C7H4Cl2N6O/c8-5-4(6(9)11-2-10-5)13-7(16)3-1-12-15-14-3/h1-2H,(H,13,16)(H,12,14,15). The summed E-state index contributed by atoms with van der Waals surface area (Å²) in [6.07, 6.45) is 2.46. The third-order valence-corrected chi connectivity index (χ3v) is 2.21. The minimum absolute atomic E-state index is 0.0526. The van der Waals surface area contributed by atoms with Gasteiger partial charge < -0.3 is 5.32 Å². The van der Waals surface area contributed by atoms with Crippen molar-refractivity contribution < 1.29 is 4.79 Å². The second-order valence-electron chi connectivity index (χ2n) is 2.64. The molecule has 0 radical (unpaired) electrons. The lowest BCUT2D eigenvalue weighted by Crippen LogP contribution is -2.13. The number of nitrogens with one attached hydrogen (secondary N) is 2. The van der Waals surface area contributed by atoms with Crippen LogP contribution < -0.4 is 5.32 Å². The summed E-state index contributed by atoms with van der Waals surface area (Å²) < 4.78 is 0. The number of H-pyrrole nitrogens is 1. The fourth-order valence-corrected chi connectivity index (χ4v) is 1.35. The van der Waals surface area contributed by atoms with Gasteiger partial charge in [-0.15, -0.1) is 0 Å². The van der Waals surface area contributed by atoms with E-state index in [0.29, 0.717) is 0 Å². The Kier molecular flexibility index (Phi) is 2.97. The Labute approximate surface area is 99.2 Å². The number of hydrogen-bond acceptors (Lipinski definition) is 5. The third-order valence-electron chi connectivity index (χ3n) is 1.64. The summed E-state index contributed by atoms with van der Waals surface area (Å²) in [6.45, 7) is 0. The molecule has 9 heteroatoms. The van der Waals surface area contributed by atoms with E-state index in [9.17, 15) is 4.79 Å². The van der Waals surface area contributed by atoms with E-state index in [1.807, 2.05) is 0 Å². The Morgan fingerprint density at radius 2 is 2.00 bits per heavy atom. The number of rotatable bonds is 2. The highest BCUT2D eigenvalue weighted by Crippen LogP contribution is 2.25. The highest BCUT2D eigenvalue weighted by atomic mass is 35.5. The zero-order chi connectivity index (χ0) is 11.5. The summed E-state index contributed by atoms with van der Waals surface area (Å²) >= 11 is 11.5. The molecule has 1 amide bonds. The zero-order valence-corrected chi connectivity index (χ0v) is 9.12. The van der Waals surface area contributed by atoms with Crippen molar-refractivity contribution in [1.29, 1.82) is 0 Å². The van der Waals surface area contributed by atoms with Crippen LogP contribution in [0.4, 0.5) is 5.69 Å². The van der Waals surface area contributed by atoms with Gasteiger partial charge in [0.1, 0.15) is 12.0 Å². The minimum Gasteiger partial charge on any atom is -0.315 e. The molecule has 0 bridgehead atoms. The lowest BCUT2D eigenvalue weighted by Gasteiger charge is -2.05. The van der Waals surface area contributed by atoms with Gasteiger partial charge in [0.05, 0.1) is 6.20 Å². The van der Waals surface area contributed by atoms with Crippen LogP contribution in [0.3, 0.4) is 0 Å². The van der Waals surface area contributed by atoms with Gasteiger partial charge in [0.25, 0.3) is 5.91 Å². The van der Waals surface area contributed by atoms with E-state index in [2.05, 4.69) is 30.7 Å². The largest absolute Gasteiger partial charge is 0.315 e. The van der Waals surface area contributed by atoms with Gasteiger partial charge in [0, 0.05) is 0 Å². The van der Waals surface area contributed by atoms with E-state index in [1.54, 1.807) is 0 Å². The minimum atomic E-state index is -0.507. The molecule has 0 fully saturated rings. The lowest BCUT2D eigenvalue weighted by molar-refractivity contribution is 0.102. The van der Waals surface area contributed by atoms with Crippen molar-refractivity contribution in [3.8, 4) is 0 Å². The fourth-order valence-electron chi connectivity index (χ4n) is 0.936. The second-order valence-corrected chi connectivity index (χ2v) is 3.36. The molecule has 0 aliphatic carbocycles. The first-order chi connectivity index (χ1) is 7.68. The van der Waals surface area contributed by atoms with Crippen molar-refractivity contribution in [2.75, 3.05) is 5.32 Å². The molecule has 0 atom stereocenters. The van der Waals surface area contributed by atoms with Crippen molar-refractivity contribution in [3.63, 3.8) is 0 Å². The van der Waals surface area contributed by atoms with Crippen LogP contribution in [0.5, 0.6) is 0 Å². The number of aromatic nitrogens is 5. The molecule has 7 nitrogen and oxygen atoms in total. The SMILES string of the molecule is O=C(Nc1c(Cl)ncnc1Cl)c1cn[nH]n1. The molecular formula is C7H4Cl2N6O. The van der Waals surface area contributed by atoms with E-state index in [0.717, 1.165) is 0 Å². The van der Waals surface area contributed by atoms with Crippen LogP contribution >= 0.6 is 23.2 Å². The molecule has 2 heterocycles. The first kappa shape index (κ1) is 10.8. The highest BCUT2D eigenvalue weighted by Gasteiger charge is 2.14. The molecule has 0 aliphatic rings. The van der Waals surface area contributed by atoms with Crippen LogP contribution in [0.25, 0.3) is 0 Å². The summed E-state index contributed by atoms with van der Waals surface area (Å²) in [5.41, 5.74) is 0.245. The van der Waals surface area contributed by atoms with E-state index in [1.165, 1.54) is 12.5 Å². The number of nitrogens with zero attached hydrogens (tertiary/aromatic N) is 4. The number of amides is 1. The van der Waals surface area contributed by atoms with Crippen molar-refractivity contribution in [2.45, 2.75) is 0 Å². The number of hydrogen-bond donors (Lipinski definition) is 2. The topological polar surface area (TPSA) is 96.5 Å². The zero-order valence-electron chi connectivity index (χ0n) is 7.61. The maximum Gasteiger partial charge on any atom is 0.278 e. The maximum absolute atomic E-state index is 11.6. The monoisotopic (exact) mass is 258 g/mol. The van der Waals surface area contributed by atoms with Gasteiger partial charge in [-0.1, -0.05) is 23.2 Å². The first-order valence-corrected chi connectivity index (χ1v) is 4.77. The van der Waals surface area contributed by atoms with Crippen molar-refractivity contribution in [3.05, 3.63) is 28.5 Å². The molecule has 2 aromatic rings. The average Bonchev–Trinajstić information content (AvgIpc) is 2.76. The molecule has 0 spiro atoms. The van der Waals surface area contributed by atoms with Crippen molar-refractivity contribution in [2.24, 2.45) is 0 Å². The summed E-state index contributed by atoms with van der Waals surface area (Å²) in [4.78, 5) is 18.9. The average molecular weight is 259 g/mol. The maximum atomic E-state index is 11.6. The van der Waals surface area contributed by atoms with Crippen LogP contribution in [-0.2, 0) is 0 Å². The van der Waals surface area contributed by atoms with E-state index < -0.39 is 5.91 Å². The Morgan fingerprint density at radius 1 is 1.31 bits per heavy atom. The first-order valence-electron chi connectivity index (χ1n) is 4.01. The number of anilines is 1. The van der Waals surface area contributed by atoms with E-state index >= 15 is 0 Å². The second kappa shape index (κ2) is 4.42. The predicted molar refractivity (Wildman–Crippen MR) is 56.4 cm³/mol. The number of aromatic amines is 1. The number of carbonyl (C=O) groups excluding carboxylic acids is 1. The predicted octanol–water partition coefficient (Wildman–Crippen LogP) is 1.15. The van der Waals surface area contributed by atoms with Gasteiger partial charge in [-0.25, -0.2) is 9.97 Å². The molecule has 0 aromatic carbocycles. The van der Waals surface area contributed by atoms with Gasteiger partial charge in [-0.3, -0.25) is 4.79 Å². The van der Waals surface area contributed by atoms with Crippen molar-refractivity contribution in [1.82, 2.24) is 25.4 Å². The third kappa shape index (κ3) is 2.10. The quantitative estimate of drug-likeness (QED) is 0.788. The van der Waals surface area contributed by atoms with Gasteiger partial charge >= 0.3 is 0 Å². The molecule has 0 unspecified atom stereocenters. The smallest absolute Gasteiger partial charge is 0.278 e. The Balaban J connectivity index is 2.25. The van der Waals surface area contributed by atoms with Crippen LogP contribution in [0.15, 0.2) is 12.5 Å². The van der Waals surface area contributed by atoms with Crippen molar-refractivity contribution >= 4 is 34.8 Å². The van der Waals surface area contributed by atoms with Crippen LogP contribution in [-0.4, -0.2) is 31.3 Å². The van der Waals surface area contributed by atoms with Crippen LogP contribution in [0, 0.1) is 0 Å². The van der Waals surface area contributed by atoms with Gasteiger partial charge in [0.15, 0.2) is 16.0 Å². The summed E-state index contributed by atoms with van der Waals surface area (Å²) in [7, 11) is 0. The fraction of sp³-hybridized carbons (Fsp3) is 0. The molecule has 16 heavy (non-hydrogen) atoms. The molecule has 0 saturated heterocycles. The molecule has 2 aromatic heterocycles. The number of carbonyl (C=O) groups is 1.